The number of nitrogens with one attached hydrogen (secondary N) is 1. The van der Waals surface area contributed by atoms with E-state index in [9.17, 15) is 4.79 Å². The van der Waals surface area contributed by atoms with E-state index >= 15 is 0 Å². The van der Waals surface area contributed by atoms with Gasteiger partial charge in [-0.1, -0.05) is 12.1 Å². The van der Waals surface area contributed by atoms with Crippen LogP contribution in [-0.4, -0.2) is 18.0 Å². The van der Waals surface area contributed by atoms with Crippen molar-refractivity contribution in [3.8, 4) is 17.2 Å². The minimum atomic E-state index is -0.130. The number of fused-ring (bicyclic) bond motifs is 1. The van der Waals surface area contributed by atoms with Crippen molar-refractivity contribution in [3.63, 3.8) is 0 Å². The normalized spacial score (nSPS) is 10.8. The van der Waals surface area contributed by atoms with Crippen LogP contribution in [0, 0.1) is 0 Å². The lowest BCUT2D eigenvalue weighted by Crippen LogP contribution is -2.09. The Morgan fingerprint density at radius 3 is 2.88 bits per heavy atom. The highest BCUT2D eigenvalue weighted by atomic mass is 32.1. The van der Waals surface area contributed by atoms with E-state index in [0.29, 0.717) is 22.0 Å². The number of oxazole rings is 1. The largest absolute Gasteiger partial charge is 0.497 e. The first-order valence-electron chi connectivity index (χ1n) is 7.63. The van der Waals surface area contributed by atoms with Crippen LogP contribution in [-0.2, 0) is 0 Å². The molecule has 0 saturated heterocycles. The van der Waals surface area contributed by atoms with E-state index in [1.807, 2.05) is 53.9 Å². The number of hydrogen-bond acceptors (Lipinski definition) is 5. The molecule has 1 N–H and O–H groups in total. The average Bonchev–Trinajstić information content (AvgIpc) is 3.31. The Morgan fingerprint density at radius 1 is 1.16 bits per heavy atom. The van der Waals surface area contributed by atoms with Gasteiger partial charge in [-0.3, -0.25) is 4.79 Å². The monoisotopic (exact) mass is 350 g/mol. The van der Waals surface area contributed by atoms with Crippen LogP contribution in [0.25, 0.3) is 22.6 Å². The van der Waals surface area contributed by atoms with E-state index in [0.717, 1.165) is 16.8 Å². The van der Waals surface area contributed by atoms with E-state index in [1.54, 1.807) is 13.2 Å². The van der Waals surface area contributed by atoms with E-state index in [4.69, 9.17) is 9.15 Å². The molecule has 0 atom stereocenters. The van der Waals surface area contributed by atoms with Gasteiger partial charge in [0.1, 0.15) is 11.3 Å². The van der Waals surface area contributed by atoms with Crippen LogP contribution in [0.3, 0.4) is 0 Å². The molecule has 0 unspecified atom stereocenters. The summed E-state index contributed by atoms with van der Waals surface area (Å²) in [5.41, 5.74) is 2.89. The number of nitrogens with zero attached hydrogens (tertiary/aromatic N) is 1. The molecule has 4 rings (SSSR count). The molecule has 4 aromatic rings. The van der Waals surface area contributed by atoms with Crippen molar-refractivity contribution < 1.29 is 13.9 Å². The van der Waals surface area contributed by atoms with Crippen LogP contribution in [0.4, 0.5) is 5.69 Å². The molecule has 0 aliphatic heterocycles. The molecule has 2 aromatic carbocycles. The van der Waals surface area contributed by atoms with Gasteiger partial charge in [0, 0.05) is 17.3 Å². The molecule has 0 saturated carbocycles. The first kappa shape index (κ1) is 15.4. The number of carbonyl (C=O) groups is 1. The number of methoxy groups -OCH3 is 1. The Balaban J connectivity index is 1.64. The summed E-state index contributed by atoms with van der Waals surface area (Å²) in [5, 5.41) is 4.76. The van der Waals surface area contributed by atoms with Crippen molar-refractivity contribution in [1.29, 1.82) is 0 Å². The SMILES string of the molecule is COc1ccc2oc(-c3cccc(NC(=O)c4cccs4)c3)nc2c1. The Labute approximate surface area is 147 Å². The molecule has 0 aliphatic rings. The molecular formula is C19H14N2O3S. The minimum absolute atomic E-state index is 0.130. The van der Waals surface area contributed by atoms with Gasteiger partial charge in [-0.2, -0.15) is 0 Å². The zero-order valence-corrected chi connectivity index (χ0v) is 14.2. The summed E-state index contributed by atoms with van der Waals surface area (Å²) in [6.45, 7) is 0. The van der Waals surface area contributed by atoms with Crippen LogP contribution in [0.1, 0.15) is 9.67 Å². The summed E-state index contributed by atoms with van der Waals surface area (Å²) in [5.74, 6) is 1.09. The molecular weight excluding hydrogens is 336 g/mol. The maximum absolute atomic E-state index is 12.2. The van der Waals surface area contributed by atoms with Gasteiger partial charge < -0.3 is 14.5 Å². The fourth-order valence-electron chi connectivity index (χ4n) is 2.49. The number of amides is 1. The number of rotatable bonds is 4. The maximum Gasteiger partial charge on any atom is 0.265 e. The van der Waals surface area contributed by atoms with Crippen molar-refractivity contribution in [2.24, 2.45) is 0 Å². The Bertz CT molecular complexity index is 1040. The lowest BCUT2D eigenvalue weighted by molar-refractivity contribution is 0.103. The van der Waals surface area contributed by atoms with Gasteiger partial charge in [-0.25, -0.2) is 4.98 Å². The Hall–Kier alpha value is -3.12. The summed E-state index contributed by atoms with van der Waals surface area (Å²) in [4.78, 5) is 17.4. The number of carbonyl (C=O) groups excluding carboxylic acids is 1. The number of benzene rings is 2. The summed E-state index contributed by atoms with van der Waals surface area (Å²) >= 11 is 1.40. The fraction of sp³-hybridized carbons (Fsp3) is 0.0526. The minimum Gasteiger partial charge on any atom is -0.497 e. The van der Waals surface area contributed by atoms with Crippen molar-refractivity contribution in [1.82, 2.24) is 4.98 Å². The van der Waals surface area contributed by atoms with Crippen molar-refractivity contribution in [2.75, 3.05) is 12.4 Å². The van der Waals surface area contributed by atoms with Gasteiger partial charge in [0.05, 0.1) is 12.0 Å². The van der Waals surface area contributed by atoms with Crippen LogP contribution in [0.2, 0.25) is 0 Å². The number of hydrogen-bond donors (Lipinski definition) is 1. The summed E-state index contributed by atoms with van der Waals surface area (Å²) in [7, 11) is 1.61. The highest BCUT2D eigenvalue weighted by Gasteiger charge is 2.11. The van der Waals surface area contributed by atoms with E-state index in [2.05, 4.69) is 10.3 Å². The third-order valence-electron chi connectivity index (χ3n) is 3.71. The number of anilines is 1. The molecule has 2 aromatic heterocycles. The fourth-order valence-corrected chi connectivity index (χ4v) is 3.11. The summed E-state index contributed by atoms with van der Waals surface area (Å²) in [6, 6.07) is 16.5. The van der Waals surface area contributed by atoms with Crippen LogP contribution in [0.15, 0.2) is 64.4 Å². The number of ether oxygens (including phenoxy) is 1. The molecule has 25 heavy (non-hydrogen) atoms. The first-order chi connectivity index (χ1) is 12.2. The first-order valence-corrected chi connectivity index (χ1v) is 8.51. The van der Waals surface area contributed by atoms with Gasteiger partial charge in [0.25, 0.3) is 5.91 Å². The predicted molar refractivity (Wildman–Crippen MR) is 98.3 cm³/mol. The van der Waals surface area contributed by atoms with Crippen molar-refractivity contribution >= 4 is 34.0 Å². The molecule has 2 heterocycles. The molecule has 6 heteroatoms. The molecule has 0 fully saturated rings. The maximum atomic E-state index is 12.2. The van der Waals surface area contributed by atoms with Gasteiger partial charge in [-0.15, -0.1) is 11.3 Å². The number of thiophene rings is 1. The standard InChI is InChI=1S/C19H14N2O3S/c1-23-14-7-8-16-15(11-14)21-19(24-16)12-4-2-5-13(10-12)20-18(22)17-6-3-9-25-17/h2-11H,1H3,(H,20,22). The van der Waals surface area contributed by atoms with Gasteiger partial charge >= 0.3 is 0 Å². The quantitative estimate of drug-likeness (QED) is 0.573. The lowest BCUT2D eigenvalue weighted by Gasteiger charge is -2.04. The number of aromatic nitrogens is 1. The molecule has 0 aliphatic carbocycles. The Morgan fingerprint density at radius 2 is 2.08 bits per heavy atom. The molecule has 1 amide bonds. The van der Waals surface area contributed by atoms with Crippen molar-refractivity contribution in [3.05, 3.63) is 64.9 Å². The van der Waals surface area contributed by atoms with E-state index in [1.165, 1.54) is 11.3 Å². The topological polar surface area (TPSA) is 64.4 Å². The molecule has 0 radical (unpaired) electrons. The lowest BCUT2D eigenvalue weighted by atomic mass is 10.2. The van der Waals surface area contributed by atoms with E-state index in [-0.39, 0.29) is 5.91 Å². The third kappa shape index (κ3) is 3.12. The Kier molecular flexibility index (Phi) is 3.95. The second kappa shape index (κ2) is 6.41. The molecule has 5 nitrogen and oxygen atoms in total. The molecule has 0 bridgehead atoms. The zero-order valence-electron chi connectivity index (χ0n) is 13.4. The van der Waals surface area contributed by atoms with Gasteiger partial charge in [0.15, 0.2) is 5.58 Å². The van der Waals surface area contributed by atoms with Gasteiger partial charge in [0.2, 0.25) is 5.89 Å². The van der Waals surface area contributed by atoms with Crippen LogP contribution in [0.5, 0.6) is 5.75 Å². The second-order valence-corrected chi connectivity index (χ2v) is 6.31. The predicted octanol–water partition coefficient (Wildman–Crippen LogP) is 4.82. The smallest absolute Gasteiger partial charge is 0.265 e. The summed E-state index contributed by atoms with van der Waals surface area (Å²) in [6.07, 6.45) is 0. The highest BCUT2D eigenvalue weighted by molar-refractivity contribution is 7.12. The molecule has 124 valence electrons. The zero-order chi connectivity index (χ0) is 17.2. The second-order valence-electron chi connectivity index (χ2n) is 5.36. The van der Waals surface area contributed by atoms with Crippen LogP contribution >= 0.6 is 11.3 Å². The average molecular weight is 350 g/mol. The highest BCUT2D eigenvalue weighted by Crippen LogP contribution is 2.28. The van der Waals surface area contributed by atoms with E-state index < -0.39 is 0 Å². The van der Waals surface area contributed by atoms with Crippen LogP contribution < -0.4 is 10.1 Å². The molecule has 0 spiro atoms. The van der Waals surface area contributed by atoms with Gasteiger partial charge in [-0.05, 0) is 41.8 Å². The third-order valence-corrected chi connectivity index (χ3v) is 4.58. The summed E-state index contributed by atoms with van der Waals surface area (Å²) < 4.78 is 11.0. The van der Waals surface area contributed by atoms with Crippen molar-refractivity contribution in [2.45, 2.75) is 0 Å².